The minimum atomic E-state index is -3.78. The maximum Gasteiger partial charge on any atom is 0.422 e. The Morgan fingerprint density at radius 2 is 2.06 bits per heavy atom. The molecule has 0 aromatic rings. The molecule has 1 heterocycles. The first-order valence-corrected chi connectivity index (χ1v) is 7.05. The second-order valence-corrected chi connectivity index (χ2v) is 5.73. The topological polar surface area (TPSA) is 87.7 Å². The third-order valence-electron chi connectivity index (χ3n) is 2.19. The van der Waals surface area contributed by atoms with Crippen LogP contribution in [-0.2, 0) is 14.9 Å². The zero-order valence-electron chi connectivity index (χ0n) is 10.1. The fourth-order valence-electron chi connectivity index (χ4n) is 1.47. The van der Waals surface area contributed by atoms with Gasteiger partial charge in [-0.05, 0) is 26.8 Å². The Bertz CT molecular complexity index is 347. The van der Waals surface area contributed by atoms with Gasteiger partial charge in [0.15, 0.2) is 0 Å². The van der Waals surface area contributed by atoms with Crippen molar-refractivity contribution in [3.05, 3.63) is 0 Å². The van der Waals surface area contributed by atoms with Gasteiger partial charge in [-0.3, -0.25) is 0 Å². The maximum atomic E-state index is 11.8. The standard InChI is InChI=1S/C9H19N3O4S/c1-8(2)16-9(13)11-17(14,15)12-6-3-4-10-5-7-12/h8,10H,3-7H2,1-2H3,(H,11,13). The third-order valence-corrected chi connectivity index (χ3v) is 3.66. The number of nitrogens with zero attached hydrogens (tertiary/aromatic N) is 1. The van der Waals surface area contributed by atoms with Crippen molar-refractivity contribution < 1.29 is 17.9 Å². The number of rotatable bonds is 3. The van der Waals surface area contributed by atoms with Gasteiger partial charge in [-0.15, -0.1) is 0 Å². The number of carbonyl (C=O) groups excluding carboxylic acids is 1. The molecule has 0 radical (unpaired) electrons. The van der Waals surface area contributed by atoms with Crippen LogP contribution in [0.2, 0.25) is 0 Å². The minimum Gasteiger partial charge on any atom is -0.446 e. The highest BCUT2D eigenvalue weighted by Gasteiger charge is 2.25. The highest BCUT2D eigenvalue weighted by atomic mass is 32.2. The summed E-state index contributed by atoms with van der Waals surface area (Å²) in [6.07, 6.45) is -0.562. The molecule has 100 valence electrons. The zero-order valence-corrected chi connectivity index (χ0v) is 10.9. The van der Waals surface area contributed by atoms with Crippen LogP contribution in [0.25, 0.3) is 0 Å². The Morgan fingerprint density at radius 3 is 2.71 bits per heavy atom. The van der Waals surface area contributed by atoms with E-state index in [2.05, 4.69) is 5.32 Å². The first kappa shape index (κ1) is 14.2. The number of nitrogens with one attached hydrogen (secondary N) is 2. The second kappa shape index (κ2) is 6.18. The first-order valence-electron chi connectivity index (χ1n) is 5.61. The van der Waals surface area contributed by atoms with Crippen LogP contribution >= 0.6 is 0 Å². The summed E-state index contributed by atoms with van der Waals surface area (Å²) in [7, 11) is -3.78. The molecule has 1 saturated heterocycles. The van der Waals surface area contributed by atoms with Crippen LogP contribution in [0.1, 0.15) is 20.3 Å². The average Bonchev–Trinajstić information content (AvgIpc) is 2.42. The average molecular weight is 265 g/mol. The van der Waals surface area contributed by atoms with E-state index in [1.165, 1.54) is 4.31 Å². The number of hydrogen-bond donors (Lipinski definition) is 2. The molecular formula is C9H19N3O4S. The second-order valence-electron chi connectivity index (χ2n) is 4.06. The molecule has 1 aliphatic heterocycles. The van der Waals surface area contributed by atoms with Gasteiger partial charge in [-0.2, -0.15) is 12.7 Å². The molecule has 1 fully saturated rings. The van der Waals surface area contributed by atoms with Gasteiger partial charge in [0, 0.05) is 19.6 Å². The van der Waals surface area contributed by atoms with Crippen LogP contribution in [0, 0.1) is 0 Å². The Morgan fingerprint density at radius 1 is 1.35 bits per heavy atom. The number of amides is 1. The Hall–Kier alpha value is -0.860. The van der Waals surface area contributed by atoms with Crippen molar-refractivity contribution in [3.8, 4) is 0 Å². The van der Waals surface area contributed by atoms with E-state index in [0.717, 1.165) is 13.0 Å². The van der Waals surface area contributed by atoms with Crippen molar-refractivity contribution >= 4 is 16.3 Å². The lowest BCUT2D eigenvalue weighted by Gasteiger charge is -2.19. The molecule has 0 aromatic heterocycles. The molecule has 8 heteroatoms. The molecule has 0 saturated carbocycles. The maximum absolute atomic E-state index is 11.8. The Kier molecular flexibility index (Phi) is 5.16. The van der Waals surface area contributed by atoms with E-state index in [1.54, 1.807) is 13.8 Å². The van der Waals surface area contributed by atoms with E-state index in [0.29, 0.717) is 19.6 Å². The summed E-state index contributed by atoms with van der Waals surface area (Å²) in [6.45, 7) is 5.42. The molecular weight excluding hydrogens is 246 g/mol. The molecule has 1 amide bonds. The summed E-state index contributed by atoms with van der Waals surface area (Å²) < 4.78 is 31.5. The van der Waals surface area contributed by atoms with Crippen LogP contribution in [0.5, 0.6) is 0 Å². The lowest BCUT2D eigenvalue weighted by atomic mass is 10.4. The van der Waals surface area contributed by atoms with E-state index < -0.39 is 16.3 Å². The van der Waals surface area contributed by atoms with Gasteiger partial charge in [0.25, 0.3) is 0 Å². The number of hydrogen-bond acceptors (Lipinski definition) is 5. The summed E-state index contributed by atoms with van der Waals surface area (Å²) in [5.74, 6) is 0. The molecule has 0 atom stereocenters. The molecule has 17 heavy (non-hydrogen) atoms. The Labute approximate surface area is 102 Å². The van der Waals surface area contributed by atoms with Gasteiger partial charge in [0.05, 0.1) is 6.10 Å². The largest absolute Gasteiger partial charge is 0.446 e. The highest BCUT2D eigenvalue weighted by molar-refractivity contribution is 7.87. The normalized spacial score (nSPS) is 18.8. The summed E-state index contributed by atoms with van der Waals surface area (Å²) in [6, 6.07) is 0. The van der Waals surface area contributed by atoms with Crippen molar-refractivity contribution in [3.63, 3.8) is 0 Å². The molecule has 0 spiro atoms. The summed E-state index contributed by atoms with van der Waals surface area (Å²) >= 11 is 0. The van der Waals surface area contributed by atoms with Crippen molar-refractivity contribution in [2.45, 2.75) is 26.4 Å². The van der Waals surface area contributed by atoms with Crippen LogP contribution in [0.4, 0.5) is 4.79 Å². The molecule has 0 unspecified atom stereocenters. The van der Waals surface area contributed by atoms with Gasteiger partial charge in [0.2, 0.25) is 0 Å². The number of ether oxygens (including phenoxy) is 1. The van der Waals surface area contributed by atoms with Gasteiger partial charge in [-0.25, -0.2) is 9.52 Å². The SMILES string of the molecule is CC(C)OC(=O)NS(=O)(=O)N1CCCNCC1. The van der Waals surface area contributed by atoms with E-state index in [-0.39, 0.29) is 6.10 Å². The van der Waals surface area contributed by atoms with Gasteiger partial charge < -0.3 is 10.1 Å². The van der Waals surface area contributed by atoms with E-state index in [1.807, 2.05) is 4.72 Å². The minimum absolute atomic E-state index is 0.351. The summed E-state index contributed by atoms with van der Waals surface area (Å²) in [5.41, 5.74) is 0. The van der Waals surface area contributed by atoms with Gasteiger partial charge in [-0.1, -0.05) is 0 Å². The molecule has 7 nitrogen and oxygen atoms in total. The fourth-order valence-corrected chi connectivity index (χ4v) is 2.56. The molecule has 0 aliphatic carbocycles. The summed E-state index contributed by atoms with van der Waals surface area (Å²) in [4.78, 5) is 11.2. The molecule has 2 N–H and O–H groups in total. The predicted molar refractivity (Wildman–Crippen MR) is 62.7 cm³/mol. The third kappa shape index (κ3) is 4.88. The lowest BCUT2D eigenvalue weighted by Crippen LogP contribution is -2.45. The quantitative estimate of drug-likeness (QED) is 0.729. The van der Waals surface area contributed by atoms with E-state index >= 15 is 0 Å². The highest BCUT2D eigenvalue weighted by Crippen LogP contribution is 2.02. The van der Waals surface area contributed by atoms with Crippen LogP contribution in [-0.4, -0.2) is 51.1 Å². The van der Waals surface area contributed by atoms with Crippen molar-refractivity contribution in [2.24, 2.45) is 0 Å². The van der Waals surface area contributed by atoms with Gasteiger partial charge in [0.1, 0.15) is 0 Å². The molecule has 1 aliphatic rings. The van der Waals surface area contributed by atoms with Crippen LogP contribution in [0.15, 0.2) is 0 Å². The smallest absolute Gasteiger partial charge is 0.422 e. The van der Waals surface area contributed by atoms with Crippen molar-refractivity contribution in [1.82, 2.24) is 14.3 Å². The molecule has 0 bridgehead atoms. The van der Waals surface area contributed by atoms with Crippen molar-refractivity contribution in [2.75, 3.05) is 26.2 Å². The predicted octanol–water partition coefficient (Wildman–Crippen LogP) is -0.339. The Balaban J connectivity index is 2.57. The first-order chi connectivity index (χ1) is 7.92. The monoisotopic (exact) mass is 265 g/mol. The molecule has 0 aromatic carbocycles. The van der Waals surface area contributed by atoms with Crippen molar-refractivity contribution in [1.29, 1.82) is 0 Å². The lowest BCUT2D eigenvalue weighted by molar-refractivity contribution is 0.121. The molecule has 1 rings (SSSR count). The van der Waals surface area contributed by atoms with E-state index in [4.69, 9.17) is 4.74 Å². The number of carbonyl (C=O) groups is 1. The van der Waals surface area contributed by atoms with E-state index in [9.17, 15) is 13.2 Å². The van der Waals surface area contributed by atoms with Crippen LogP contribution in [0.3, 0.4) is 0 Å². The van der Waals surface area contributed by atoms with Crippen LogP contribution < -0.4 is 10.0 Å². The van der Waals surface area contributed by atoms with Gasteiger partial charge >= 0.3 is 16.3 Å². The summed E-state index contributed by atoms with van der Waals surface area (Å²) in [5, 5.41) is 3.08. The zero-order chi connectivity index (χ0) is 12.9. The fraction of sp³-hybridized carbons (Fsp3) is 0.889.